The normalized spacial score (nSPS) is 10.1. The van der Waals surface area contributed by atoms with Crippen molar-refractivity contribution in [1.82, 2.24) is 10.2 Å². The number of ether oxygens (including phenoxy) is 1. The van der Waals surface area contributed by atoms with Gasteiger partial charge in [0.15, 0.2) is 6.61 Å². The van der Waals surface area contributed by atoms with Crippen LogP contribution in [0.2, 0.25) is 5.02 Å². The number of nitrogens with zero attached hydrogens (tertiary/aromatic N) is 2. The molecule has 18 heavy (non-hydrogen) atoms. The van der Waals surface area contributed by atoms with Gasteiger partial charge in [-0.25, -0.2) is 0 Å². The monoisotopic (exact) mass is 283 g/mol. The molecule has 0 bridgehead atoms. The highest BCUT2D eigenvalue weighted by Gasteiger charge is 2.06. The minimum absolute atomic E-state index is 0.0827. The van der Waals surface area contributed by atoms with Crippen LogP contribution in [-0.4, -0.2) is 22.7 Å². The number of benzene rings is 1. The van der Waals surface area contributed by atoms with Crippen LogP contribution in [0.15, 0.2) is 23.7 Å². The molecule has 2 aromatic rings. The number of carbonyl (C=O) groups is 1. The topological polar surface area (TPSA) is 64.1 Å². The fourth-order valence-electron chi connectivity index (χ4n) is 1.24. The van der Waals surface area contributed by atoms with Gasteiger partial charge in [0, 0.05) is 5.02 Å². The van der Waals surface area contributed by atoms with Gasteiger partial charge in [-0.05, 0) is 30.7 Å². The third kappa shape index (κ3) is 3.41. The van der Waals surface area contributed by atoms with Gasteiger partial charge in [-0.15, -0.1) is 10.2 Å². The number of carbonyl (C=O) groups excluding carboxylic acids is 1. The zero-order chi connectivity index (χ0) is 13.0. The first-order chi connectivity index (χ1) is 8.65. The molecule has 94 valence electrons. The van der Waals surface area contributed by atoms with Gasteiger partial charge in [0.05, 0.1) is 0 Å². The molecule has 1 aromatic heterocycles. The Labute approximate surface area is 113 Å². The Morgan fingerprint density at radius 1 is 1.56 bits per heavy atom. The van der Waals surface area contributed by atoms with Crippen LogP contribution in [0.1, 0.15) is 5.56 Å². The Hall–Kier alpha value is -1.66. The molecule has 7 heteroatoms. The molecule has 0 atom stereocenters. The molecule has 0 aliphatic heterocycles. The molecule has 0 radical (unpaired) electrons. The number of hydrogen-bond acceptors (Lipinski definition) is 5. The van der Waals surface area contributed by atoms with Crippen molar-refractivity contribution in [3.63, 3.8) is 0 Å². The van der Waals surface area contributed by atoms with Gasteiger partial charge in [-0.2, -0.15) is 0 Å². The molecule has 0 fully saturated rings. The molecule has 0 spiro atoms. The lowest BCUT2D eigenvalue weighted by atomic mass is 10.2. The second kappa shape index (κ2) is 5.79. The molecular formula is C11H10ClN3O2S. The third-order valence-corrected chi connectivity index (χ3v) is 3.14. The maximum absolute atomic E-state index is 11.5. The van der Waals surface area contributed by atoms with Gasteiger partial charge in [-0.1, -0.05) is 22.9 Å². The number of rotatable bonds is 4. The number of nitrogens with one attached hydrogen (secondary N) is 1. The van der Waals surface area contributed by atoms with Crippen LogP contribution in [0.25, 0.3) is 0 Å². The van der Waals surface area contributed by atoms with Crippen LogP contribution in [0.5, 0.6) is 5.75 Å². The Morgan fingerprint density at radius 2 is 2.39 bits per heavy atom. The van der Waals surface area contributed by atoms with Crippen molar-refractivity contribution in [2.24, 2.45) is 0 Å². The summed E-state index contributed by atoms with van der Waals surface area (Å²) in [6, 6.07) is 5.23. The quantitative estimate of drug-likeness (QED) is 0.936. The second-order valence-corrected chi connectivity index (χ2v) is 4.73. The van der Waals surface area contributed by atoms with E-state index in [0.717, 1.165) is 5.56 Å². The molecule has 1 aromatic carbocycles. The number of amides is 1. The summed E-state index contributed by atoms with van der Waals surface area (Å²) in [6.45, 7) is 1.79. The number of aromatic nitrogens is 2. The lowest BCUT2D eigenvalue weighted by Crippen LogP contribution is -2.20. The third-order valence-electron chi connectivity index (χ3n) is 2.11. The van der Waals surface area contributed by atoms with E-state index in [1.807, 2.05) is 6.92 Å². The Kier molecular flexibility index (Phi) is 4.11. The smallest absolute Gasteiger partial charge is 0.264 e. The Bertz CT molecular complexity index is 545. The summed E-state index contributed by atoms with van der Waals surface area (Å²) in [4.78, 5) is 11.5. The number of halogens is 1. The van der Waals surface area contributed by atoms with E-state index in [4.69, 9.17) is 16.3 Å². The van der Waals surface area contributed by atoms with Crippen LogP contribution in [0.3, 0.4) is 0 Å². The van der Waals surface area contributed by atoms with Crippen molar-refractivity contribution in [1.29, 1.82) is 0 Å². The number of aryl methyl sites for hydroxylation is 1. The standard InChI is InChI=1S/C11H10ClN3O2S/c1-7-4-8(2-3-9(7)12)17-5-10(16)14-11-15-13-6-18-11/h2-4,6H,5H2,1H3,(H,14,15,16). The molecule has 0 saturated carbocycles. The molecular weight excluding hydrogens is 274 g/mol. The summed E-state index contributed by atoms with van der Waals surface area (Å²) in [7, 11) is 0. The molecule has 1 heterocycles. The van der Waals surface area contributed by atoms with E-state index in [1.165, 1.54) is 11.3 Å². The number of hydrogen-bond donors (Lipinski definition) is 1. The molecule has 0 aliphatic carbocycles. The Morgan fingerprint density at radius 3 is 3.06 bits per heavy atom. The molecule has 0 saturated heterocycles. The predicted molar refractivity (Wildman–Crippen MR) is 70.2 cm³/mol. The van der Waals surface area contributed by atoms with Crippen molar-refractivity contribution in [2.45, 2.75) is 6.92 Å². The minimum atomic E-state index is -0.278. The summed E-state index contributed by atoms with van der Waals surface area (Å²) >= 11 is 7.14. The number of anilines is 1. The summed E-state index contributed by atoms with van der Waals surface area (Å²) in [5, 5.41) is 11.0. The van der Waals surface area contributed by atoms with Crippen molar-refractivity contribution >= 4 is 34.0 Å². The van der Waals surface area contributed by atoms with Gasteiger partial charge >= 0.3 is 0 Å². The van der Waals surface area contributed by atoms with Crippen molar-refractivity contribution in [3.05, 3.63) is 34.3 Å². The van der Waals surface area contributed by atoms with E-state index >= 15 is 0 Å². The van der Waals surface area contributed by atoms with Crippen molar-refractivity contribution in [2.75, 3.05) is 11.9 Å². The van der Waals surface area contributed by atoms with E-state index < -0.39 is 0 Å². The first-order valence-electron chi connectivity index (χ1n) is 5.10. The summed E-state index contributed by atoms with van der Waals surface area (Å²) in [6.07, 6.45) is 0. The molecule has 0 unspecified atom stereocenters. The highest BCUT2D eigenvalue weighted by Crippen LogP contribution is 2.21. The van der Waals surface area contributed by atoms with Gasteiger partial charge in [0.2, 0.25) is 5.13 Å². The fourth-order valence-corrected chi connectivity index (χ4v) is 1.82. The van der Waals surface area contributed by atoms with Gasteiger partial charge in [0.25, 0.3) is 5.91 Å². The second-order valence-electron chi connectivity index (χ2n) is 3.49. The maximum Gasteiger partial charge on any atom is 0.264 e. The van der Waals surface area contributed by atoms with Crippen LogP contribution in [-0.2, 0) is 4.79 Å². The molecule has 1 amide bonds. The summed E-state index contributed by atoms with van der Waals surface area (Å²) < 4.78 is 5.34. The SMILES string of the molecule is Cc1cc(OCC(=O)Nc2nncs2)ccc1Cl. The van der Waals surface area contributed by atoms with Crippen LogP contribution >= 0.6 is 22.9 Å². The predicted octanol–water partition coefficient (Wildman–Crippen LogP) is 2.52. The first-order valence-corrected chi connectivity index (χ1v) is 6.36. The Balaban J connectivity index is 1.87. The van der Waals surface area contributed by atoms with Crippen LogP contribution in [0.4, 0.5) is 5.13 Å². The van der Waals surface area contributed by atoms with Crippen molar-refractivity contribution in [3.8, 4) is 5.75 Å². The van der Waals surface area contributed by atoms with Gasteiger partial charge < -0.3 is 4.74 Å². The highest BCUT2D eigenvalue weighted by molar-refractivity contribution is 7.13. The zero-order valence-electron chi connectivity index (χ0n) is 9.51. The van der Waals surface area contributed by atoms with Gasteiger partial charge in [-0.3, -0.25) is 10.1 Å². The zero-order valence-corrected chi connectivity index (χ0v) is 11.1. The molecule has 0 aliphatic rings. The summed E-state index contributed by atoms with van der Waals surface area (Å²) in [5.41, 5.74) is 2.44. The van der Waals surface area contributed by atoms with Crippen molar-refractivity contribution < 1.29 is 9.53 Å². The average Bonchev–Trinajstić information content (AvgIpc) is 2.83. The van der Waals surface area contributed by atoms with Gasteiger partial charge in [0.1, 0.15) is 11.3 Å². The maximum atomic E-state index is 11.5. The highest BCUT2D eigenvalue weighted by atomic mass is 35.5. The van der Waals surface area contributed by atoms with Crippen LogP contribution < -0.4 is 10.1 Å². The lowest BCUT2D eigenvalue weighted by Gasteiger charge is -2.07. The molecule has 2 rings (SSSR count). The summed E-state index contributed by atoms with van der Waals surface area (Å²) in [5.74, 6) is 0.323. The average molecular weight is 284 g/mol. The van der Waals surface area contributed by atoms with E-state index in [0.29, 0.717) is 15.9 Å². The first kappa shape index (κ1) is 12.8. The fraction of sp³-hybridized carbons (Fsp3) is 0.182. The molecule has 5 nitrogen and oxygen atoms in total. The van der Waals surface area contributed by atoms with Crippen LogP contribution in [0, 0.1) is 6.92 Å². The van der Waals surface area contributed by atoms with E-state index in [1.54, 1.807) is 23.7 Å². The van der Waals surface area contributed by atoms with E-state index in [2.05, 4.69) is 15.5 Å². The molecule has 1 N–H and O–H groups in total. The largest absolute Gasteiger partial charge is 0.484 e. The minimum Gasteiger partial charge on any atom is -0.484 e. The van der Waals surface area contributed by atoms with E-state index in [-0.39, 0.29) is 12.5 Å². The van der Waals surface area contributed by atoms with E-state index in [9.17, 15) is 4.79 Å². The lowest BCUT2D eigenvalue weighted by molar-refractivity contribution is -0.118.